The molecule has 1 aromatic heterocycles. The lowest BCUT2D eigenvalue weighted by atomic mass is 10.2. The minimum atomic E-state index is -3.93. The molecule has 0 aliphatic heterocycles. The number of carbonyl (C=O) groups is 1. The van der Waals surface area contributed by atoms with E-state index in [1.165, 1.54) is 19.1 Å². The first-order chi connectivity index (χ1) is 9.70. The Bertz CT molecular complexity index is 810. The van der Waals surface area contributed by atoms with Crippen LogP contribution in [0.3, 0.4) is 0 Å². The minimum absolute atomic E-state index is 0.0530. The van der Waals surface area contributed by atoms with E-state index in [9.17, 15) is 17.6 Å². The van der Waals surface area contributed by atoms with Crippen LogP contribution in [0.2, 0.25) is 0 Å². The zero-order chi connectivity index (χ0) is 15.8. The largest absolute Gasteiger partial charge is 0.478 e. The zero-order valence-corrected chi connectivity index (χ0v) is 12.0. The fourth-order valence-corrected chi connectivity index (χ4v) is 3.12. The second-order valence-corrected chi connectivity index (χ2v) is 6.03. The summed E-state index contributed by atoms with van der Waals surface area (Å²) in [6, 6.07) is 4.32. The summed E-state index contributed by atoms with van der Waals surface area (Å²) >= 11 is 0. The Labute approximate surface area is 120 Å². The lowest BCUT2D eigenvalue weighted by Crippen LogP contribution is -2.13. The van der Waals surface area contributed by atoms with Gasteiger partial charge in [-0.15, -0.1) is 0 Å². The van der Waals surface area contributed by atoms with Crippen molar-refractivity contribution in [1.82, 2.24) is 0 Å². The molecule has 0 saturated carbocycles. The summed E-state index contributed by atoms with van der Waals surface area (Å²) in [7, 11) is -3.93. The fourth-order valence-electron chi connectivity index (χ4n) is 1.84. The molecule has 0 bridgehead atoms. The Balaban J connectivity index is 2.35. The molecule has 8 heteroatoms. The van der Waals surface area contributed by atoms with Crippen molar-refractivity contribution in [1.29, 1.82) is 0 Å². The Morgan fingerprint density at radius 2 is 1.95 bits per heavy atom. The highest BCUT2D eigenvalue weighted by Crippen LogP contribution is 2.23. The van der Waals surface area contributed by atoms with E-state index in [1.54, 1.807) is 6.92 Å². The number of benzene rings is 1. The van der Waals surface area contributed by atoms with Gasteiger partial charge in [0, 0.05) is 6.07 Å². The van der Waals surface area contributed by atoms with E-state index < -0.39 is 27.4 Å². The zero-order valence-electron chi connectivity index (χ0n) is 11.2. The van der Waals surface area contributed by atoms with Crippen LogP contribution in [0.15, 0.2) is 33.6 Å². The van der Waals surface area contributed by atoms with Gasteiger partial charge in [-0.05, 0) is 32.0 Å². The maximum absolute atomic E-state index is 13.5. The van der Waals surface area contributed by atoms with Crippen LogP contribution in [0.5, 0.6) is 0 Å². The third-order valence-corrected chi connectivity index (χ3v) is 4.23. The molecule has 0 atom stereocenters. The number of anilines is 1. The van der Waals surface area contributed by atoms with Crippen molar-refractivity contribution in [2.45, 2.75) is 18.7 Å². The molecule has 0 amide bonds. The highest BCUT2D eigenvalue weighted by atomic mass is 32.2. The van der Waals surface area contributed by atoms with Gasteiger partial charge >= 0.3 is 5.97 Å². The average molecular weight is 313 g/mol. The molecule has 1 aromatic carbocycles. The topological polar surface area (TPSA) is 96.6 Å². The van der Waals surface area contributed by atoms with E-state index in [0.717, 1.165) is 12.1 Å². The second-order valence-electron chi connectivity index (χ2n) is 4.38. The number of nitrogens with one attached hydrogen (secondary N) is 1. The number of hydrogen-bond donors (Lipinski definition) is 2. The summed E-state index contributed by atoms with van der Waals surface area (Å²) in [4.78, 5) is 10.6. The summed E-state index contributed by atoms with van der Waals surface area (Å²) in [5.41, 5.74) is -0.607. The predicted molar refractivity (Wildman–Crippen MR) is 72.3 cm³/mol. The lowest BCUT2D eigenvalue weighted by Gasteiger charge is -2.08. The van der Waals surface area contributed by atoms with Gasteiger partial charge in [-0.1, -0.05) is 0 Å². The first-order valence-electron chi connectivity index (χ1n) is 5.83. The van der Waals surface area contributed by atoms with Crippen molar-refractivity contribution in [3.8, 4) is 0 Å². The molecule has 0 saturated heterocycles. The number of aromatic carboxylic acids is 1. The predicted octanol–water partition coefficient (Wildman–Crippen LogP) is 2.53. The van der Waals surface area contributed by atoms with Crippen LogP contribution in [0.1, 0.15) is 21.9 Å². The standard InChI is InChI=1S/C13H12FNO5S/c1-7-5-12(8(2)20-7)21(18,19)15-9-3-4-10(13(16)17)11(14)6-9/h3-6,15H,1-2H3,(H,16,17). The maximum Gasteiger partial charge on any atom is 0.338 e. The van der Waals surface area contributed by atoms with Gasteiger partial charge < -0.3 is 9.52 Å². The Hall–Kier alpha value is -2.35. The van der Waals surface area contributed by atoms with E-state index in [1.807, 2.05) is 0 Å². The van der Waals surface area contributed by atoms with Crippen molar-refractivity contribution >= 4 is 21.7 Å². The molecule has 2 aromatic rings. The first kappa shape index (κ1) is 15.0. The highest BCUT2D eigenvalue weighted by Gasteiger charge is 2.21. The molecule has 0 radical (unpaired) electrons. The van der Waals surface area contributed by atoms with Gasteiger partial charge in [0.1, 0.15) is 22.2 Å². The molecule has 112 valence electrons. The molecule has 0 unspecified atom stereocenters. The highest BCUT2D eigenvalue weighted by molar-refractivity contribution is 7.92. The lowest BCUT2D eigenvalue weighted by molar-refractivity contribution is 0.0692. The number of hydrogen-bond acceptors (Lipinski definition) is 4. The number of carboxylic acids is 1. The van der Waals surface area contributed by atoms with Crippen molar-refractivity contribution in [3.05, 3.63) is 47.2 Å². The molecule has 0 aliphatic rings. The van der Waals surface area contributed by atoms with E-state index in [0.29, 0.717) is 5.76 Å². The van der Waals surface area contributed by atoms with Gasteiger partial charge in [-0.3, -0.25) is 4.72 Å². The molecule has 0 fully saturated rings. The molecule has 0 aliphatic carbocycles. The quantitative estimate of drug-likeness (QED) is 0.904. The van der Waals surface area contributed by atoms with E-state index >= 15 is 0 Å². The van der Waals surface area contributed by atoms with Crippen LogP contribution in [0.4, 0.5) is 10.1 Å². The third kappa shape index (κ3) is 3.05. The van der Waals surface area contributed by atoms with Crippen LogP contribution in [-0.4, -0.2) is 19.5 Å². The average Bonchev–Trinajstić information content (AvgIpc) is 2.68. The number of halogens is 1. The number of aryl methyl sites for hydroxylation is 2. The SMILES string of the molecule is Cc1cc(S(=O)(=O)Nc2ccc(C(=O)O)c(F)c2)c(C)o1. The molecule has 1 heterocycles. The summed E-state index contributed by atoms with van der Waals surface area (Å²) in [5.74, 6) is -1.81. The molecule has 21 heavy (non-hydrogen) atoms. The summed E-state index contributed by atoms with van der Waals surface area (Å²) in [6.45, 7) is 3.10. The van der Waals surface area contributed by atoms with Crippen LogP contribution in [0, 0.1) is 19.7 Å². The Morgan fingerprint density at radius 3 is 2.43 bits per heavy atom. The molecular weight excluding hydrogens is 301 g/mol. The Morgan fingerprint density at radius 1 is 1.29 bits per heavy atom. The van der Waals surface area contributed by atoms with Gasteiger partial charge in [0.2, 0.25) is 0 Å². The minimum Gasteiger partial charge on any atom is -0.478 e. The number of furan rings is 1. The first-order valence-corrected chi connectivity index (χ1v) is 7.32. The van der Waals surface area contributed by atoms with Gasteiger partial charge in [0.25, 0.3) is 10.0 Å². The number of carboxylic acid groups (broad SMARTS) is 1. The monoisotopic (exact) mass is 313 g/mol. The normalized spacial score (nSPS) is 11.4. The van der Waals surface area contributed by atoms with E-state index in [-0.39, 0.29) is 16.3 Å². The van der Waals surface area contributed by atoms with E-state index in [2.05, 4.69) is 4.72 Å². The van der Waals surface area contributed by atoms with Gasteiger partial charge in [0.15, 0.2) is 0 Å². The van der Waals surface area contributed by atoms with Gasteiger partial charge in [-0.25, -0.2) is 17.6 Å². The molecular formula is C13H12FNO5S. The Kier molecular flexibility index (Phi) is 3.73. The second kappa shape index (κ2) is 5.21. The smallest absolute Gasteiger partial charge is 0.338 e. The summed E-state index contributed by atoms with van der Waals surface area (Å²) in [5, 5.41) is 8.72. The maximum atomic E-state index is 13.5. The van der Waals surface area contributed by atoms with Crippen LogP contribution in [-0.2, 0) is 10.0 Å². The van der Waals surface area contributed by atoms with Crippen LogP contribution >= 0.6 is 0 Å². The fraction of sp³-hybridized carbons (Fsp3) is 0.154. The molecule has 2 rings (SSSR count). The molecule has 0 spiro atoms. The van der Waals surface area contributed by atoms with Crippen molar-refractivity contribution in [2.75, 3.05) is 4.72 Å². The van der Waals surface area contributed by atoms with Gasteiger partial charge in [0.05, 0.1) is 11.3 Å². The van der Waals surface area contributed by atoms with Crippen molar-refractivity contribution in [3.63, 3.8) is 0 Å². The van der Waals surface area contributed by atoms with Crippen molar-refractivity contribution < 1.29 is 27.1 Å². The molecule has 2 N–H and O–H groups in total. The number of rotatable bonds is 4. The molecule has 6 nitrogen and oxygen atoms in total. The van der Waals surface area contributed by atoms with Crippen LogP contribution in [0.25, 0.3) is 0 Å². The van der Waals surface area contributed by atoms with Gasteiger partial charge in [-0.2, -0.15) is 0 Å². The summed E-state index contributed by atoms with van der Waals surface area (Å²) in [6.07, 6.45) is 0. The number of sulfonamides is 1. The third-order valence-electron chi connectivity index (χ3n) is 2.74. The van der Waals surface area contributed by atoms with E-state index in [4.69, 9.17) is 9.52 Å². The van der Waals surface area contributed by atoms with Crippen molar-refractivity contribution in [2.24, 2.45) is 0 Å². The summed E-state index contributed by atoms with van der Waals surface area (Å²) < 4.78 is 45.2. The van der Waals surface area contributed by atoms with Crippen LogP contribution < -0.4 is 4.72 Å².